The molecule has 0 radical (unpaired) electrons. The molecule has 0 bridgehead atoms. The summed E-state index contributed by atoms with van der Waals surface area (Å²) >= 11 is 0. The van der Waals surface area contributed by atoms with Crippen LogP contribution in [0.1, 0.15) is 43.4 Å². The third-order valence-corrected chi connectivity index (χ3v) is 14.4. The largest absolute Gasteiger partial charge is 0.313 e. The van der Waals surface area contributed by atoms with E-state index in [2.05, 4.69) is 267 Å². The number of benzene rings is 9. The highest BCUT2D eigenvalue weighted by Crippen LogP contribution is 2.53. The predicted octanol–water partition coefficient (Wildman–Crippen LogP) is 17.1. The Hall–Kier alpha value is -7.94. The van der Waals surface area contributed by atoms with Crippen molar-refractivity contribution in [3.05, 3.63) is 259 Å². The molecule has 2 aliphatic rings. The molecule has 0 aliphatic heterocycles. The Morgan fingerprint density at radius 2 is 1.05 bits per heavy atom. The molecule has 0 fully saturated rings. The number of anilines is 2. The molecule has 0 spiro atoms. The highest BCUT2D eigenvalue weighted by molar-refractivity contribution is 6.11. The maximum absolute atomic E-state index is 2.58. The van der Waals surface area contributed by atoms with Crippen molar-refractivity contribution in [3.8, 4) is 50.2 Å². The van der Waals surface area contributed by atoms with Gasteiger partial charge >= 0.3 is 0 Å². The molecule has 0 amide bonds. The maximum Gasteiger partial charge on any atom is 0.0544 e. The molecule has 9 aromatic carbocycles. The zero-order chi connectivity index (χ0) is 44.4. The van der Waals surface area contributed by atoms with Crippen LogP contribution in [-0.2, 0) is 5.41 Å². The number of allylic oxidation sites excluding steroid dienone is 4. The van der Waals surface area contributed by atoms with Crippen LogP contribution in [-0.4, -0.2) is 4.57 Å². The fourth-order valence-corrected chi connectivity index (χ4v) is 11.3. The number of aromatic nitrogens is 1. The fourth-order valence-electron chi connectivity index (χ4n) is 11.3. The van der Waals surface area contributed by atoms with Crippen LogP contribution in [0.3, 0.4) is 0 Å². The molecule has 2 atom stereocenters. The molecule has 0 N–H and O–H groups in total. The standard InChI is InChI=1S/C64H50N2/c1-43-47(54-34-21-39-62-63(54)55-32-16-19-37-61(55)65(62)45-24-8-5-9-25-45)33-20-38-59(43)66(46-40-41-58-56(42-46)52-30-14-17-35-57(52)64(58,2)3)60-36-18-15-31-53(60)51-29-13-12-28-50(51)49-27-11-10-26-48(49)44-22-6-4-7-23-44/h4-43,47H,1-3H3. The first-order valence-corrected chi connectivity index (χ1v) is 23.3. The molecule has 12 rings (SSSR count). The summed E-state index contributed by atoms with van der Waals surface area (Å²) in [7, 11) is 0. The Bertz CT molecular complexity index is 3530. The van der Waals surface area contributed by atoms with E-state index in [-0.39, 0.29) is 17.3 Å². The van der Waals surface area contributed by atoms with E-state index in [0.717, 1.165) is 11.4 Å². The van der Waals surface area contributed by atoms with Crippen LogP contribution in [0.4, 0.5) is 11.4 Å². The van der Waals surface area contributed by atoms with Crippen molar-refractivity contribution < 1.29 is 0 Å². The van der Waals surface area contributed by atoms with Gasteiger partial charge in [-0.1, -0.05) is 209 Å². The highest BCUT2D eigenvalue weighted by atomic mass is 15.2. The number of hydrogen-bond donors (Lipinski definition) is 0. The van der Waals surface area contributed by atoms with Crippen molar-refractivity contribution in [1.29, 1.82) is 0 Å². The van der Waals surface area contributed by atoms with Gasteiger partial charge in [-0.05, 0) is 104 Å². The summed E-state index contributed by atoms with van der Waals surface area (Å²) in [6, 6.07) is 80.5. The molecular weight excluding hydrogens is 797 g/mol. The van der Waals surface area contributed by atoms with Gasteiger partial charge in [-0.3, -0.25) is 0 Å². The lowest BCUT2D eigenvalue weighted by molar-refractivity contribution is 0.591. The van der Waals surface area contributed by atoms with E-state index in [0.29, 0.717) is 0 Å². The molecule has 1 aromatic heterocycles. The van der Waals surface area contributed by atoms with Crippen LogP contribution in [0.15, 0.2) is 242 Å². The van der Waals surface area contributed by atoms with Crippen LogP contribution in [0.5, 0.6) is 0 Å². The lowest BCUT2D eigenvalue weighted by Crippen LogP contribution is -2.27. The zero-order valence-corrected chi connectivity index (χ0v) is 37.6. The van der Waals surface area contributed by atoms with E-state index in [1.165, 1.54) is 94.4 Å². The van der Waals surface area contributed by atoms with Gasteiger partial charge in [0.25, 0.3) is 0 Å². The minimum Gasteiger partial charge on any atom is -0.313 e. The predicted molar refractivity (Wildman–Crippen MR) is 279 cm³/mol. The van der Waals surface area contributed by atoms with Gasteiger partial charge in [-0.25, -0.2) is 0 Å². The number of fused-ring (bicyclic) bond motifs is 6. The number of rotatable bonds is 8. The molecule has 66 heavy (non-hydrogen) atoms. The van der Waals surface area contributed by atoms with E-state index in [1.807, 2.05) is 0 Å². The Balaban J connectivity index is 1.06. The first-order chi connectivity index (χ1) is 32.5. The molecule has 1 heterocycles. The Kier molecular flexibility index (Phi) is 9.57. The molecule has 2 aliphatic carbocycles. The molecule has 316 valence electrons. The SMILES string of the molecule is CC1C(N(c2ccc3c(c2)-c2ccccc2C3(C)C)c2ccccc2-c2ccccc2-c2ccccc2-c2ccccc2)=CC=CC1c1cccc2c1c1ccccc1n2-c1ccccc1. The van der Waals surface area contributed by atoms with Gasteiger partial charge in [0.05, 0.1) is 16.7 Å². The molecule has 2 nitrogen and oxygen atoms in total. The topological polar surface area (TPSA) is 8.17 Å². The number of para-hydroxylation sites is 3. The van der Waals surface area contributed by atoms with Gasteiger partial charge in [-0.15, -0.1) is 0 Å². The first kappa shape index (κ1) is 39.6. The second-order valence-corrected chi connectivity index (χ2v) is 18.4. The van der Waals surface area contributed by atoms with Crippen molar-refractivity contribution in [3.63, 3.8) is 0 Å². The van der Waals surface area contributed by atoms with Crippen molar-refractivity contribution >= 4 is 33.2 Å². The average molecular weight is 847 g/mol. The molecule has 2 unspecified atom stereocenters. The summed E-state index contributed by atoms with van der Waals surface area (Å²) in [5.74, 6) is 0.219. The van der Waals surface area contributed by atoms with Gasteiger partial charge < -0.3 is 9.47 Å². The summed E-state index contributed by atoms with van der Waals surface area (Å²) < 4.78 is 2.43. The van der Waals surface area contributed by atoms with Crippen molar-refractivity contribution in [2.24, 2.45) is 5.92 Å². The molecule has 0 saturated heterocycles. The van der Waals surface area contributed by atoms with Crippen LogP contribution in [0, 0.1) is 5.92 Å². The summed E-state index contributed by atoms with van der Waals surface area (Å²) in [4.78, 5) is 2.58. The highest BCUT2D eigenvalue weighted by Gasteiger charge is 2.37. The Morgan fingerprint density at radius 1 is 0.470 bits per heavy atom. The van der Waals surface area contributed by atoms with Crippen LogP contribution >= 0.6 is 0 Å². The third kappa shape index (κ3) is 6.31. The summed E-state index contributed by atoms with van der Waals surface area (Å²) in [6.07, 6.45) is 7.10. The van der Waals surface area contributed by atoms with Gasteiger partial charge in [0.2, 0.25) is 0 Å². The van der Waals surface area contributed by atoms with E-state index in [9.17, 15) is 0 Å². The monoisotopic (exact) mass is 846 g/mol. The normalized spacial score (nSPS) is 16.0. The lowest BCUT2D eigenvalue weighted by Gasteiger charge is -2.37. The van der Waals surface area contributed by atoms with Crippen LogP contribution in [0.25, 0.3) is 72.0 Å². The third-order valence-electron chi connectivity index (χ3n) is 14.4. The Morgan fingerprint density at radius 3 is 1.82 bits per heavy atom. The van der Waals surface area contributed by atoms with Crippen molar-refractivity contribution in [2.75, 3.05) is 4.90 Å². The molecule has 0 saturated carbocycles. The van der Waals surface area contributed by atoms with E-state index in [1.54, 1.807) is 0 Å². The van der Waals surface area contributed by atoms with Crippen molar-refractivity contribution in [2.45, 2.75) is 32.1 Å². The van der Waals surface area contributed by atoms with E-state index >= 15 is 0 Å². The summed E-state index contributed by atoms with van der Waals surface area (Å²) in [5.41, 5.74) is 21.0. The van der Waals surface area contributed by atoms with Gasteiger partial charge in [0.15, 0.2) is 0 Å². The minimum absolute atomic E-state index is 0.0961. The molecule has 10 aromatic rings. The second kappa shape index (κ2) is 15.9. The first-order valence-electron chi connectivity index (χ1n) is 23.3. The van der Waals surface area contributed by atoms with E-state index in [4.69, 9.17) is 0 Å². The van der Waals surface area contributed by atoms with Crippen molar-refractivity contribution in [1.82, 2.24) is 4.57 Å². The van der Waals surface area contributed by atoms with Gasteiger partial charge in [-0.2, -0.15) is 0 Å². The summed E-state index contributed by atoms with van der Waals surface area (Å²) in [6.45, 7) is 7.16. The number of hydrogen-bond acceptors (Lipinski definition) is 1. The van der Waals surface area contributed by atoms with Gasteiger partial charge in [0.1, 0.15) is 0 Å². The van der Waals surface area contributed by atoms with Crippen LogP contribution < -0.4 is 4.90 Å². The zero-order valence-electron chi connectivity index (χ0n) is 37.6. The Labute approximate surface area is 388 Å². The lowest BCUT2D eigenvalue weighted by atomic mass is 9.79. The van der Waals surface area contributed by atoms with Crippen LogP contribution in [0.2, 0.25) is 0 Å². The summed E-state index contributed by atoms with van der Waals surface area (Å²) in [5, 5.41) is 2.59. The van der Waals surface area contributed by atoms with Gasteiger partial charge in [0, 0.05) is 50.7 Å². The molecule has 2 heteroatoms. The smallest absolute Gasteiger partial charge is 0.0544 e. The molecular formula is C64H50N2. The second-order valence-electron chi connectivity index (χ2n) is 18.4. The number of nitrogens with zero attached hydrogens (tertiary/aromatic N) is 2. The fraction of sp³-hybridized carbons (Fsp3) is 0.0938. The average Bonchev–Trinajstić information content (AvgIpc) is 3.83. The quantitative estimate of drug-likeness (QED) is 0.148. The minimum atomic E-state index is -0.0961. The maximum atomic E-state index is 2.58. The van der Waals surface area contributed by atoms with E-state index < -0.39 is 0 Å².